The first kappa shape index (κ1) is 22.7. The van der Waals surface area contributed by atoms with Gasteiger partial charge < -0.3 is 10.2 Å². The third-order valence-corrected chi connectivity index (χ3v) is 5.73. The van der Waals surface area contributed by atoms with Gasteiger partial charge in [-0.05, 0) is 69.0 Å². The zero-order valence-corrected chi connectivity index (χ0v) is 18.8. The molecular formula is C24H27ClN4O2. The lowest BCUT2D eigenvalue weighted by Crippen LogP contribution is -2.38. The summed E-state index contributed by atoms with van der Waals surface area (Å²) in [6, 6.07) is 11.1. The topological polar surface area (TPSA) is 75.2 Å². The first-order valence-corrected chi connectivity index (χ1v) is 10.4. The predicted octanol–water partition coefficient (Wildman–Crippen LogP) is 5.18. The number of benzene rings is 1. The minimum absolute atomic E-state index is 0. The summed E-state index contributed by atoms with van der Waals surface area (Å²) >= 11 is 0. The maximum atomic E-state index is 13.4. The fourth-order valence-electron chi connectivity index (χ4n) is 3.78. The smallest absolute Gasteiger partial charge is 0.257 e. The molecule has 1 aliphatic rings. The third kappa shape index (κ3) is 4.85. The summed E-state index contributed by atoms with van der Waals surface area (Å²) in [5, 5.41) is 4.19. The highest BCUT2D eigenvalue weighted by atomic mass is 35.5. The van der Waals surface area contributed by atoms with Crippen molar-refractivity contribution in [3.8, 4) is 0 Å². The van der Waals surface area contributed by atoms with E-state index in [0.29, 0.717) is 28.4 Å². The van der Waals surface area contributed by atoms with Gasteiger partial charge in [0, 0.05) is 41.6 Å². The summed E-state index contributed by atoms with van der Waals surface area (Å²) in [5.41, 5.74) is 4.16. The first-order valence-electron chi connectivity index (χ1n) is 10.4. The van der Waals surface area contributed by atoms with Crippen LogP contribution in [-0.4, -0.2) is 39.6 Å². The molecule has 1 aliphatic heterocycles. The molecule has 1 aromatic carbocycles. The van der Waals surface area contributed by atoms with Gasteiger partial charge in [-0.25, -0.2) is 9.97 Å². The van der Waals surface area contributed by atoms with E-state index in [1.807, 2.05) is 36.1 Å². The Balaban J connectivity index is 0.00000272. The number of amides is 1. The molecule has 1 saturated heterocycles. The average molecular weight is 439 g/mol. The highest BCUT2D eigenvalue weighted by molar-refractivity contribution is 6.07. The Labute approximate surface area is 188 Å². The fraction of sp³-hybridized carbons (Fsp3) is 0.333. The van der Waals surface area contributed by atoms with Crippen molar-refractivity contribution < 1.29 is 9.59 Å². The van der Waals surface area contributed by atoms with Crippen molar-refractivity contribution in [2.24, 2.45) is 5.92 Å². The summed E-state index contributed by atoms with van der Waals surface area (Å²) in [6.45, 7) is 7.21. The van der Waals surface area contributed by atoms with E-state index >= 15 is 0 Å². The number of hydrogen-bond acceptors (Lipinski definition) is 5. The minimum Gasteiger partial charge on any atom is -0.354 e. The van der Waals surface area contributed by atoms with Crippen LogP contribution in [-0.2, 0) is 0 Å². The van der Waals surface area contributed by atoms with Gasteiger partial charge in [-0.1, -0.05) is 6.92 Å². The number of carbonyl (C=O) groups excluding carboxylic acids is 2. The molecule has 0 saturated carbocycles. The molecule has 1 fully saturated rings. The van der Waals surface area contributed by atoms with E-state index < -0.39 is 0 Å². The number of hydrogen-bond donors (Lipinski definition) is 1. The zero-order valence-electron chi connectivity index (χ0n) is 18.0. The fourth-order valence-corrected chi connectivity index (χ4v) is 3.78. The van der Waals surface area contributed by atoms with Gasteiger partial charge >= 0.3 is 0 Å². The van der Waals surface area contributed by atoms with E-state index in [-0.39, 0.29) is 24.1 Å². The SMILES string of the molecule is CC(=O)c1ccc(Nc2c(C(=O)N3CCC(C)CC3)cnc3nc(C)ccc23)cc1.Cl. The van der Waals surface area contributed by atoms with Crippen LogP contribution in [0.3, 0.4) is 0 Å². The summed E-state index contributed by atoms with van der Waals surface area (Å²) in [4.78, 5) is 35.8. The quantitative estimate of drug-likeness (QED) is 0.568. The van der Waals surface area contributed by atoms with Gasteiger partial charge in [-0.2, -0.15) is 0 Å². The Morgan fingerprint density at radius 3 is 2.39 bits per heavy atom. The third-order valence-electron chi connectivity index (χ3n) is 5.73. The lowest BCUT2D eigenvalue weighted by atomic mass is 9.98. The highest BCUT2D eigenvalue weighted by Gasteiger charge is 2.25. The zero-order chi connectivity index (χ0) is 21.3. The molecule has 0 unspecified atom stereocenters. The van der Waals surface area contributed by atoms with Gasteiger partial charge in [0.2, 0.25) is 0 Å². The van der Waals surface area contributed by atoms with Crippen molar-refractivity contribution in [3.63, 3.8) is 0 Å². The van der Waals surface area contributed by atoms with Gasteiger partial charge in [-0.15, -0.1) is 12.4 Å². The molecule has 3 aromatic rings. The number of aromatic nitrogens is 2. The average Bonchev–Trinajstić information content (AvgIpc) is 2.74. The number of likely N-dealkylation sites (tertiary alicyclic amines) is 1. The van der Waals surface area contributed by atoms with Crippen molar-refractivity contribution >= 4 is 46.5 Å². The second kappa shape index (κ2) is 9.43. The predicted molar refractivity (Wildman–Crippen MR) is 126 cm³/mol. The molecule has 0 spiro atoms. The number of piperidine rings is 1. The van der Waals surface area contributed by atoms with Crippen molar-refractivity contribution in [3.05, 3.63) is 59.4 Å². The van der Waals surface area contributed by atoms with E-state index in [4.69, 9.17) is 0 Å². The number of fused-ring (bicyclic) bond motifs is 1. The second-order valence-corrected chi connectivity index (χ2v) is 8.10. The largest absolute Gasteiger partial charge is 0.354 e. The highest BCUT2D eigenvalue weighted by Crippen LogP contribution is 2.30. The Hall–Kier alpha value is -2.99. The summed E-state index contributed by atoms with van der Waals surface area (Å²) in [6.07, 6.45) is 3.66. The second-order valence-electron chi connectivity index (χ2n) is 8.10. The molecule has 4 rings (SSSR count). The van der Waals surface area contributed by atoms with Gasteiger partial charge in [0.15, 0.2) is 11.4 Å². The van der Waals surface area contributed by atoms with Crippen LogP contribution in [0.1, 0.15) is 53.1 Å². The normalized spacial score (nSPS) is 14.2. The number of Topliss-reactive ketones (excluding diaryl/α,β-unsaturated/α-hetero) is 1. The van der Waals surface area contributed by atoms with E-state index in [2.05, 4.69) is 22.2 Å². The lowest BCUT2D eigenvalue weighted by Gasteiger charge is -2.31. The van der Waals surface area contributed by atoms with Crippen LogP contribution >= 0.6 is 12.4 Å². The molecule has 1 N–H and O–H groups in total. The summed E-state index contributed by atoms with van der Waals surface area (Å²) < 4.78 is 0. The van der Waals surface area contributed by atoms with E-state index in [0.717, 1.165) is 42.7 Å². The maximum Gasteiger partial charge on any atom is 0.257 e. The molecule has 31 heavy (non-hydrogen) atoms. The Bertz CT molecular complexity index is 1110. The molecule has 2 aromatic heterocycles. The molecule has 6 nitrogen and oxygen atoms in total. The number of ketones is 1. The van der Waals surface area contributed by atoms with Crippen LogP contribution in [0.15, 0.2) is 42.6 Å². The number of nitrogens with one attached hydrogen (secondary N) is 1. The molecule has 7 heteroatoms. The Morgan fingerprint density at radius 2 is 1.74 bits per heavy atom. The molecule has 1 amide bonds. The van der Waals surface area contributed by atoms with Gasteiger partial charge in [-0.3, -0.25) is 9.59 Å². The Morgan fingerprint density at radius 1 is 1.06 bits per heavy atom. The number of halogens is 1. The molecule has 3 heterocycles. The van der Waals surface area contributed by atoms with Crippen molar-refractivity contribution in [1.82, 2.24) is 14.9 Å². The standard InChI is InChI=1S/C24H26N4O2.ClH/c1-15-10-12-28(13-11-15)24(30)21-14-25-23-20(9-4-16(2)26-23)22(21)27-19-7-5-18(6-8-19)17(3)29;/h4-9,14-15H,10-13H2,1-3H3,(H,25,26,27);1H. The molecule has 0 bridgehead atoms. The van der Waals surface area contributed by atoms with Crippen molar-refractivity contribution in [2.45, 2.75) is 33.6 Å². The number of aryl methyl sites for hydroxylation is 1. The molecule has 0 aliphatic carbocycles. The van der Waals surface area contributed by atoms with Crippen LogP contribution in [0.5, 0.6) is 0 Å². The summed E-state index contributed by atoms with van der Waals surface area (Å²) in [5.74, 6) is 0.652. The number of carbonyl (C=O) groups is 2. The van der Waals surface area contributed by atoms with E-state index in [1.165, 1.54) is 0 Å². The van der Waals surface area contributed by atoms with Gasteiger partial charge in [0.1, 0.15) is 0 Å². The van der Waals surface area contributed by atoms with Crippen molar-refractivity contribution in [1.29, 1.82) is 0 Å². The molecule has 0 radical (unpaired) electrons. The minimum atomic E-state index is -0.0141. The van der Waals surface area contributed by atoms with Crippen LogP contribution in [0.2, 0.25) is 0 Å². The maximum absolute atomic E-state index is 13.4. The van der Waals surface area contributed by atoms with E-state index in [9.17, 15) is 9.59 Å². The van der Waals surface area contributed by atoms with Crippen LogP contribution < -0.4 is 5.32 Å². The van der Waals surface area contributed by atoms with Crippen molar-refractivity contribution in [2.75, 3.05) is 18.4 Å². The summed E-state index contributed by atoms with van der Waals surface area (Å²) in [7, 11) is 0. The monoisotopic (exact) mass is 438 g/mol. The van der Waals surface area contributed by atoms with Crippen LogP contribution in [0, 0.1) is 12.8 Å². The number of anilines is 2. The number of nitrogens with zero attached hydrogens (tertiary/aromatic N) is 3. The van der Waals surface area contributed by atoms with Crippen LogP contribution in [0.4, 0.5) is 11.4 Å². The van der Waals surface area contributed by atoms with Crippen LogP contribution in [0.25, 0.3) is 11.0 Å². The lowest BCUT2D eigenvalue weighted by molar-refractivity contribution is 0.0698. The molecule has 162 valence electrons. The van der Waals surface area contributed by atoms with Gasteiger partial charge in [0.25, 0.3) is 5.91 Å². The number of rotatable bonds is 4. The molecular weight excluding hydrogens is 412 g/mol. The first-order chi connectivity index (χ1) is 14.4. The Kier molecular flexibility index (Phi) is 6.91. The van der Waals surface area contributed by atoms with E-state index in [1.54, 1.807) is 25.3 Å². The molecule has 0 atom stereocenters. The number of pyridine rings is 2. The van der Waals surface area contributed by atoms with Gasteiger partial charge in [0.05, 0.1) is 11.3 Å².